The Morgan fingerprint density at radius 1 is 1.18 bits per heavy atom. The molecule has 0 aliphatic heterocycles. The maximum atomic E-state index is 5.20. The van der Waals surface area contributed by atoms with Crippen LogP contribution in [0.2, 0.25) is 0 Å². The fourth-order valence-electron chi connectivity index (χ4n) is 2.24. The van der Waals surface area contributed by atoms with Crippen LogP contribution >= 0.6 is 11.8 Å². The number of nitrogens with zero attached hydrogens (tertiary/aromatic N) is 5. The lowest BCUT2D eigenvalue weighted by atomic mass is 10.2. The number of rotatable bonds is 5. The summed E-state index contributed by atoms with van der Waals surface area (Å²) in [5, 5.41) is 13.5. The molecule has 3 aromatic heterocycles. The Kier molecular flexibility index (Phi) is 4.24. The van der Waals surface area contributed by atoms with Gasteiger partial charge in [-0.05, 0) is 32.9 Å². The molecule has 0 aliphatic carbocycles. The molecule has 0 bridgehead atoms. The van der Waals surface area contributed by atoms with Crippen LogP contribution in [0, 0.1) is 13.8 Å². The summed E-state index contributed by atoms with van der Waals surface area (Å²) in [7, 11) is 0. The molecule has 3 rings (SSSR count). The molecule has 114 valence electrons. The van der Waals surface area contributed by atoms with Gasteiger partial charge in [0.15, 0.2) is 11.0 Å². The van der Waals surface area contributed by atoms with Gasteiger partial charge in [0.2, 0.25) is 0 Å². The minimum absolute atomic E-state index is 0.773. The van der Waals surface area contributed by atoms with Crippen molar-refractivity contribution in [2.24, 2.45) is 0 Å². The van der Waals surface area contributed by atoms with Gasteiger partial charge in [-0.25, -0.2) is 0 Å². The van der Waals surface area contributed by atoms with E-state index in [2.05, 4.69) is 31.8 Å². The highest BCUT2D eigenvalue weighted by molar-refractivity contribution is 7.98. The van der Waals surface area contributed by atoms with Gasteiger partial charge in [-0.15, -0.1) is 10.2 Å². The van der Waals surface area contributed by atoms with Crippen molar-refractivity contribution in [3.63, 3.8) is 0 Å². The third-order valence-electron chi connectivity index (χ3n) is 3.50. The lowest BCUT2D eigenvalue weighted by Gasteiger charge is -2.07. The molecule has 0 radical (unpaired) electrons. The summed E-state index contributed by atoms with van der Waals surface area (Å²) >= 11 is 1.65. The Morgan fingerprint density at radius 3 is 2.59 bits per heavy atom. The molecule has 6 nitrogen and oxygen atoms in total. The zero-order valence-electron chi connectivity index (χ0n) is 12.8. The van der Waals surface area contributed by atoms with Gasteiger partial charge >= 0.3 is 0 Å². The van der Waals surface area contributed by atoms with Crippen molar-refractivity contribution in [3.05, 3.63) is 41.5 Å². The average molecular weight is 315 g/mol. The molecule has 0 fully saturated rings. The molecule has 22 heavy (non-hydrogen) atoms. The van der Waals surface area contributed by atoms with Crippen LogP contribution in [0.4, 0.5) is 0 Å². The highest BCUT2D eigenvalue weighted by atomic mass is 32.2. The van der Waals surface area contributed by atoms with Crippen molar-refractivity contribution >= 4 is 11.8 Å². The number of thioether (sulfide) groups is 1. The third kappa shape index (κ3) is 2.76. The Bertz CT molecular complexity index is 746. The van der Waals surface area contributed by atoms with Crippen molar-refractivity contribution in [2.45, 2.75) is 38.2 Å². The zero-order valence-corrected chi connectivity index (χ0v) is 13.6. The van der Waals surface area contributed by atoms with Gasteiger partial charge in [0.1, 0.15) is 5.76 Å². The Morgan fingerprint density at radius 2 is 1.95 bits per heavy atom. The molecule has 0 atom stereocenters. The number of pyridine rings is 1. The van der Waals surface area contributed by atoms with Gasteiger partial charge < -0.3 is 9.09 Å². The fraction of sp³-hybridized carbons (Fsp3) is 0.333. The molecule has 7 heteroatoms. The Labute approximate surface area is 133 Å². The van der Waals surface area contributed by atoms with E-state index < -0.39 is 0 Å². The van der Waals surface area contributed by atoms with Gasteiger partial charge in [-0.3, -0.25) is 4.98 Å². The van der Waals surface area contributed by atoms with Crippen LogP contribution in [0.3, 0.4) is 0 Å². The minimum Gasteiger partial charge on any atom is -0.361 e. The first kappa shape index (κ1) is 14.8. The van der Waals surface area contributed by atoms with E-state index in [1.807, 2.05) is 26.0 Å². The summed E-state index contributed by atoms with van der Waals surface area (Å²) in [6.45, 7) is 6.80. The van der Waals surface area contributed by atoms with Crippen LogP contribution in [-0.2, 0) is 12.3 Å². The first-order chi connectivity index (χ1) is 10.7. The van der Waals surface area contributed by atoms with Crippen LogP contribution in [0.25, 0.3) is 11.4 Å². The lowest BCUT2D eigenvalue weighted by molar-refractivity contribution is 0.392. The topological polar surface area (TPSA) is 69.6 Å². The fourth-order valence-corrected chi connectivity index (χ4v) is 3.40. The number of aromatic nitrogens is 5. The lowest BCUT2D eigenvalue weighted by Crippen LogP contribution is -2.00. The van der Waals surface area contributed by atoms with Crippen molar-refractivity contribution in [1.82, 2.24) is 24.9 Å². The highest BCUT2D eigenvalue weighted by Crippen LogP contribution is 2.28. The number of hydrogen-bond donors (Lipinski definition) is 0. The summed E-state index contributed by atoms with van der Waals surface area (Å²) in [6, 6.07) is 3.89. The van der Waals surface area contributed by atoms with Gasteiger partial charge in [0.25, 0.3) is 0 Å². The summed E-state index contributed by atoms with van der Waals surface area (Å²) in [5.41, 5.74) is 3.08. The number of hydrogen-bond acceptors (Lipinski definition) is 6. The predicted octanol–water partition coefficient (Wildman–Crippen LogP) is 3.26. The van der Waals surface area contributed by atoms with Gasteiger partial charge in [-0.1, -0.05) is 16.9 Å². The maximum Gasteiger partial charge on any atom is 0.191 e. The molecule has 0 amide bonds. The van der Waals surface area contributed by atoms with E-state index in [0.717, 1.165) is 45.9 Å². The predicted molar refractivity (Wildman–Crippen MR) is 84.5 cm³/mol. The molecule has 0 N–H and O–H groups in total. The number of aryl methyl sites for hydroxylation is 2. The van der Waals surface area contributed by atoms with Gasteiger partial charge in [0, 0.05) is 35.8 Å². The summed E-state index contributed by atoms with van der Waals surface area (Å²) in [4.78, 5) is 4.04. The molecule has 0 saturated carbocycles. The molecule has 0 aliphatic rings. The van der Waals surface area contributed by atoms with Crippen LogP contribution in [0.5, 0.6) is 0 Å². The SMILES string of the molecule is CCn1c(SCc2c(C)noc2C)nnc1-c1ccncc1. The quantitative estimate of drug-likeness (QED) is 0.673. The highest BCUT2D eigenvalue weighted by Gasteiger charge is 2.15. The Balaban J connectivity index is 1.85. The van der Waals surface area contributed by atoms with Crippen LogP contribution in [0.1, 0.15) is 23.9 Å². The first-order valence-electron chi connectivity index (χ1n) is 7.08. The Hall–Kier alpha value is -2.15. The van der Waals surface area contributed by atoms with E-state index in [1.165, 1.54) is 0 Å². The van der Waals surface area contributed by atoms with Crippen molar-refractivity contribution in [1.29, 1.82) is 0 Å². The third-order valence-corrected chi connectivity index (χ3v) is 4.49. The van der Waals surface area contributed by atoms with E-state index in [0.29, 0.717) is 0 Å². The van der Waals surface area contributed by atoms with E-state index in [9.17, 15) is 0 Å². The summed E-state index contributed by atoms with van der Waals surface area (Å²) < 4.78 is 7.31. The molecule has 0 unspecified atom stereocenters. The minimum atomic E-state index is 0.773. The van der Waals surface area contributed by atoms with Crippen LogP contribution < -0.4 is 0 Å². The van der Waals surface area contributed by atoms with Crippen LogP contribution in [-0.4, -0.2) is 24.9 Å². The van der Waals surface area contributed by atoms with E-state index >= 15 is 0 Å². The van der Waals surface area contributed by atoms with E-state index in [1.54, 1.807) is 24.2 Å². The smallest absolute Gasteiger partial charge is 0.191 e. The molecule has 0 saturated heterocycles. The summed E-state index contributed by atoms with van der Waals surface area (Å²) in [5.74, 6) is 2.50. The van der Waals surface area contributed by atoms with Crippen LogP contribution in [0.15, 0.2) is 34.2 Å². The zero-order chi connectivity index (χ0) is 15.5. The average Bonchev–Trinajstić information content (AvgIpc) is 3.10. The molecule has 0 aromatic carbocycles. The molecule has 3 aromatic rings. The second-order valence-corrected chi connectivity index (χ2v) is 5.82. The van der Waals surface area contributed by atoms with Gasteiger partial charge in [0.05, 0.1) is 5.69 Å². The van der Waals surface area contributed by atoms with E-state index in [-0.39, 0.29) is 0 Å². The molecular weight excluding hydrogens is 298 g/mol. The normalized spacial score (nSPS) is 11.0. The largest absolute Gasteiger partial charge is 0.361 e. The van der Waals surface area contributed by atoms with Crippen molar-refractivity contribution in [2.75, 3.05) is 0 Å². The summed E-state index contributed by atoms with van der Waals surface area (Å²) in [6.07, 6.45) is 3.53. The first-order valence-corrected chi connectivity index (χ1v) is 8.07. The van der Waals surface area contributed by atoms with Crippen molar-refractivity contribution < 1.29 is 4.52 Å². The molecule has 3 heterocycles. The molecular formula is C15H17N5OS. The monoisotopic (exact) mass is 315 g/mol. The second kappa shape index (κ2) is 6.31. The standard InChI is InChI=1S/C15H17N5OS/c1-4-20-14(12-5-7-16-8-6-12)17-18-15(20)22-9-13-10(2)19-21-11(13)3/h5-8H,4,9H2,1-3H3. The van der Waals surface area contributed by atoms with Gasteiger partial charge in [-0.2, -0.15) is 0 Å². The molecule has 0 spiro atoms. The maximum absolute atomic E-state index is 5.20. The second-order valence-electron chi connectivity index (χ2n) is 4.88. The van der Waals surface area contributed by atoms with Crippen molar-refractivity contribution in [3.8, 4) is 11.4 Å². The van der Waals surface area contributed by atoms with E-state index in [4.69, 9.17) is 4.52 Å².